The fraction of sp³-hybridized carbons (Fsp3) is 0.684. The minimum Gasteiger partial charge on any atom is -0.491 e. The van der Waals surface area contributed by atoms with E-state index in [0.29, 0.717) is 32.2 Å². The van der Waals surface area contributed by atoms with Crippen molar-refractivity contribution >= 4 is 0 Å². The first-order valence-corrected chi connectivity index (χ1v) is 8.90. The van der Waals surface area contributed by atoms with Crippen molar-refractivity contribution in [2.24, 2.45) is 0 Å². The fourth-order valence-electron chi connectivity index (χ4n) is 2.15. The van der Waals surface area contributed by atoms with E-state index >= 15 is 0 Å². The molecule has 0 amide bonds. The molecule has 0 radical (unpaired) electrons. The molecular formula is C19H32O7. The van der Waals surface area contributed by atoms with Gasteiger partial charge in [0.05, 0.1) is 58.0 Å². The second kappa shape index (κ2) is 13.0. The van der Waals surface area contributed by atoms with Gasteiger partial charge >= 0.3 is 0 Å². The lowest BCUT2D eigenvalue weighted by molar-refractivity contribution is 0.0319. The minimum atomic E-state index is -0.519. The Kier molecular flexibility index (Phi) is 11.4. The highest BCUT2D eigenvalue weighted by atomic mass is 16.5. The molecule has 0 aliphatic rings. The van der Waals surface area contributed by atoms with Gasteiger partial charge in [0.25, 0.3) is 0 Å². The van der Waals surface area contributed by atoms with Crippen LogP contribution in [-0.2, 0) is 27.4 Å². The molecule has 0 bridgehead atoms. The smallest absolute Gasteiger partial charge is 0.120 e. The molecule has 3 N–H and O–H groups in total. The maximum absolute atomic E-state index is 9.29. The predicted octanol–water partition coefficient (Wildman–Crippen LogP) is 1.26. The van der Waals surface area contributed by atoms with E-state index in [0.717, 1.165) is 11.1 Å². The molecule has 7 nitrogen and oxygen atoms in total. The van der Waals surface area contributed by atoms with E-state index in [-0.39, 0.29) is 19.8 Å². The van der Waals surface area contributed by atoms with Gasteiger partial charge in [0, 0.05) is 0 Å². The van der Waals surface area contributed by atoms with Gasteiger partial charge in [0.2, 0.25) is 0 Å². The minimum absolute atomic E-state index is 0.256. The monoisotopic (exact) mass is 372 g/mol. The van der Waals surface area contributed by atoms with Crippen molar-refractivity contribution in [1.82, 2.24) is 0 Å². The summed E-state index contributed by atoms with van der Waals surface area (Å²) in [6.45, 7) is 7.23. The molecular weight excluding hydrogens is 340 g/mol. The van der Waals surface area contributed by atoms with Crippen LogP contribution in [0.5, 0.6) is 5.75 Å². The molecule has 7 heteroatoms. The lowest BCUT2D eigenvalue weighted by atomic mass is 10.1. The third kappa shape index (κ3) is 11.4. The van der Waals surface area contributed by atoms with Gasteiger partial charge in [-0.25, -0.2) is 0 Å². The van der Waals surface area contributed by atoms with Crippen molar-refractivity contribution in [1.29, 1.82) is 0 Å². The van der Waals surface area contributed by atoms with E-state index in [1.54, 1.807) is 20.8 Å². The van der Waals surface area contributed by atoms with Crippen LogP contribution >= 0.6 is 0 Å². The summed E-state index contributed by atoms with van der Waals surface area (Å²) in [6, 6.07) is 5.69. The summed E-state index contributed by atoms with van der Waals surface area (Å²) < 4.78 is 21.9. The fourth-order valence-corrected chi connectivity index (χ4v) is 2.15. The number of aliphatic hydroxyl groups is 3. The van der Waals surface area contributed by atoms with Gasteiger partial charge in [0.1, 0.15) is 12.4 Å². The predicted molar refractivity (Wildman–Crippen MR) is 97.1 cm³/mol. The Morgan fingerprint density at radius 1 is 0.692 bits per heavy atom. The highest BCUT2D eigenvalue weighted by Gasteiger charge is 2.06. The summed E-state index contributed by atoms with van der Waals surface area (Å²) in [4.78, 5) is 0. The first-order valence-electron chi connectivity index (χ1n) is 8.90. The average molecular weight is 372 g/mol. The standard InChI is InChI=1S/C19H32O7/c1-14(20)9-23-4-5-26-19-7-17(12-24-10-15(2)21)6-18(8-19)13-25-11-16(3)22/h6-8,14-16,20-22H,4-5,9-13H2,1-3H3. The zero-order valence-electron chi connectivity index (χ0n) is 15.9. The maximum atomic E-state index is 9.29. The molecule has 3 atom stereocenters. The van der Waals surface area contributed by atoms with Crippen LogP contribution in [0.4, 0.5) is 0 Å². The van der Waals surface area contributed by atoms with E-state index in [4.69, 9.17) is 24.1 Å². The van der Waals surface area contributed by atoms with Crippen molar-refractivity contribution in [2.75, 3.05) is 33.0 Å². The number of rotatable bonds is 14. The van der Waals surface area contributed by atoms with Gasteiger partial charge in [-0.1, -0.05) is 6.07 Å². The first kappa shape index (κ1) is 22.8. The van der Waals surface area contributed by atoms with Crippen LogP contribution in [0.15, 0.2) is 18.2 Å². The lowest BCUT2D eigenvalue weighted by Crippen LogP contribution is -2.15. The second-order valence-corrected chi connectivity index (χ2v) is 6.49. The summed E-state index contributed by atoms with van der Waals surface area (Å²) in [6.07, 6.45) is -1.54. The van der Waals surface area contributed by atoms with Gasteiger partial charge in [-0.15, -0.1) is 0 Å². The number of aliphatic hydroxyl groups excluding tert-OH is 3. The van der Waals surface area contributed by atoms with E-state index in [9.17, 15) is 10.2 Å². The Morgan fingerprint density at radius 3 is 1.62 bits per heavy atom. The largest absolute Gasteiger partial charge is 0.491 e. The summed E-state index contributed by atoms with van der Waals surface area (Å²) >= 11 is 0. The van der Waals surface area contributed by atoms with Crippen LogP contribution in [0.1, 0.15) is 31.9 Å². The number of hydrogen-bond acceptors (Lipinski definition) is 7. The molecule has 0 aliphatic carbocycles. The van der Waals surface area contributed by atoms with E-state index in [1.165, 1.54) is 0 Å². The Bertz CT molecular complexity index is 457. The second-order valence-electron chi connectivity index (χ2n) is 6.49. The van der Waals surface area contributed by atoms with E-state index < -0.39 is 18.3 Å². The van der Waals surface area contributed by atoms with Crippen molar-refractivity contribution in [2.45, 2.75) is 52.3 Å². The lowest BCUT2D eigenvalue weighted by Gasteiger charge is -2.13. The number of ether oxygens (including phenoxy) is 4. The van der Waals surface area contributed by atoms with Crippen molar-refractivity contribution < 1.29 is 34.3 Å². The van der Waals surface area contributed by atoms with Crippen molar-refractivity contribution in [3.05, 3.63) is 29.3 Å². The molecule has 150 valence electrons. The van der Waals surface area contributed by atoms with E-state index in [1.807, 2.05) is 18.2 Å². The molecule has 0 saturated heterocycles. The quantitative estimate of drug-likeness (QED) is 0.423. The number of hydrogen-bond donors (Lipinski definition) is 3. The van der Waals surface area contributed by atoms with Crippen molar-refractivity contribution in [3.8, 4) is 5.75 Å². The van der Waals surface area contributed by atoms with Crippen molar-refractivity contribution in [3.63, 3.8) is 0 Å². The van der Waals surface area contributed by atoms with Crippen LogP contribution in [0, 0.1) is 0 Å². The summed E-state index contributed by atoms with van der Waals surface area (Å²) in [5.74, 6) is 0.666. The maximum Gasteiger partial charge on any atom is 0.120 e. The molecule has 0 fully saturated rings. The first-order chi connectivity index (χ1) is 12.4. The topological polar surface area (TPSA) is 97.6 Å². The Morgan fingerprint density at radius 2 is 1.15 bits per heavy atom. The molecule has 26 heavy (non-hydrogen) atoms. The molecule has 3 unspecified atom stereocenters. The SMILES string of the molecule is CC(O)COCCOc1cc(COCC(C)O)cc(COCC(C)O)c1. The Balaban J connectivity index is 2.60. The van der Waals surface area contributed by atoms with Crippen LogP contribution < -0.4 is 4.74 Å². The summed E-state index contributed by atoms with van der Waals surface area (Å²) in [5.41, 5.74) is 1.81. The zero-order chi connectivity index (χ0) is 19.4. The Hall–Kier alpha value is -1.22. The molecule has 1 aromatic rings. The molecule has 0 aliphatic heterocycles. The van der Waals surface area contributed by atoms with Gasteiger partial charge in [-0.05, 0) is 44.0 Å². The molecule has 1 aromatic carbocycles. The zero-order valence-corrected chi connectivity index (χ0v) is 15.9. The average Bonchev–Trinajstić information content (AvgIpc) is 2.53. The van der Waals surface area contributed by atoms with Crippen LogP contribution in [0.25, 0.3) is 0 Å². The van der Waals surface area contributed by atoms with Crippen LogP contribution in [0.2, 0.25) is 0 Å². The summed E-state index contributed by atoms with van der Waals surface area (Å²) in [7, 11) is 0. The molecule has 0 saturated carbocycles. The normalized spacial score (nSPS) is 14.8. The molecule has 1 rings (SSSR count). The Labute approximate surface area is 155 Å². The third-order valence-corrected chi connectivity index (χ3v) is 3.14. The van der Waals surface area contributed by atoms with Gasteiger partial charge < -0.3 is 34.3 Å². The number of benzene rings is 1. The van der Waals surface area contributed by atoms with Gasteiger partial charge in [0.15, 0.2) is 0 Å². The highest BCUT2D eigenvalue weighted by molar-refractivity contribution is 5.34. The molecule has 0 aromatic heterocycles. The van der Waals surface area contributed by atoms with Gasteiger partial charge in [-0.3, -0.25) is 0 Å². The van der Waals surface area contributed by atoms with Crippen LogP contribution in [-0.4, -0.2) is 66.7 Å². The van der Waals surface area contributed by atoms with Gasteiger partial charge in [-0.2, -0.15) is 0 Å². The molecule has 0 heterocycles. The third-order valence-electron chi connectivity index (χ3n) is 3.14. The summed E-state index contributed by atoms with van der Waals surface area (Å²) in [5, 5.41) is 27.7. The molecule has 0 spiro atoms. The highest BCUT2D eigenvalue weighted by Crippen LogP contribution is 2.19. The van der Waals surface area contributed by atoms with E-state index in [2.05, 4.69) is 0 Å². The van der Waals surface area contributed by atoms with Crippen LogP contribution in [0.3, 0.4) is 0 Å².